The molecule has 5 atom stereocenters. The monoisotopic (exact) mass is 349 g/mol. The first-order valence-electron chi connectivity index (χ1n) is 7.90. The largest absolute Gasteiger partial charge is 0.409 e. The predicted octanol–water partition coefficient (Wildman–Crippen LogP) is 1.74. The van der Waals surface area contributed by atoms with Gasteiger partial charge in [0.15, 0.2) is 0 Å². The first kappa shape index (κ1) is 18.5. The van der Waals surface area contributed by atoms with Gasteiger partial charge < -0.3 is 10.6 Å². The number of hydrogen-bond donors (Lipinski definition) is 1. The molecule has 136 valence electrons. The second kappa shape index (κ2) is 6.25. The van der Waals surface area contributed by atoms with Gasteiger partial charge in [0.05, 0.1) is 6.42 Å². The third-order valence-electron chi connectivity index (χ3n) is 5.27. The number of nitrogens with two attached hydrogens (primary N) is 1. The third kappa shape index (κ3) is 3.21. The molecule has 4 amide bonds. The maximum Gasteiger partial charge on any atom is 0.409 e. The molecule has 0 spiro atoms. The van der Waals surface area contributed by atoms with E-state index in [-0.39, 0.29) is 18.3 Å². The van der Waals surface area contributed by atoms with Gasteiger partial charge in [-0.1, -0.05) is 13.8 Å². The van der Waals surface area contributed by atoms with Crippen molar-refractivity contribution in [2.75, 3.05) is 7.05 Å². The van der Waals surface area contributed by atoms with Gasteiger partial charge in [0.1, 0.15) is 6.04 Å². The normalized spacial score (nSPS) is 35.3. The summed E-state index contributed by atoms with van der Waals surface area (Å²) in [6.45, 7) is 3.70. The molecular formula is C15H22F3N3O3. The van der Waals surface area contributed by atoms with E-state index in [1.54, 1.807) is 0 Å². The van der Waals surface area contributed by atoms with Crippen molar-refractivity contribution in [2.45, 2.75) is 51.4 Å². The maximum absolute atomic E-state index is 13.0. The SMILES string of the molecule is CC1CC(C)C(N2C(=O)CC(C(F)(F)F)N(C)C2=O)CC1C(N)=O. The number of urea groups is 1. The van der Waals surface area contributed by atoms with Crippen LogP contribution in [0.15, 0.2) is 0 Å². The number of primary amides is 1. The molecule has 0 radical (unpaired) electrons. The second-order valence-corrected chi connectivity index (χ2v) is 6.92. The number of carbonyl (C=O) groups is 3. The van der Waals surface area contributed by atoms with E-state index in [0.29, 0.717) is 11.3 Å². The molecule has 1 heterocycles. The lowest BCUT2D eigenvalue weighted by Gasteiger charge is -2.47. The zero-order chi connectivity index (χ0) is 18.4. The Morgan fingerprint density at radius 1 is 1.17 bits per heavy atom. The van der Waals surface area contributed by atoms with Crippen molar-refractivity contribution >= 4 is 17.8 Å². The lowest BCUT2D eigenvalue weighted by atomic mass is 9.71. The molecule has 6 nitrogen and oxygen atoms in total. The molecule has 2 fully saturated rings. The lowest BCUT2D eigenvalue weighted by molar-refractivity contribution is -0.188. The van der Waals surface area contributed by atoms with Crippen LogP contribution in [0.4, 0.5) is 18.0 Å². The Morgan fingerprint density at radius 2 is 1.75 bits per heavy atom. The van der Waals surface area contributed by atoms with Gasteiger partial charge in [-0.2, -0.15) is 13.2 Å². The fraction of sp³-hybridized carbons (Fsp3) is 0.800. The molecule has 24 heavy (non-hydrogen) atoms. The number of nitrogens with zero attached hydrogens (tertiary/aromatic N) is 2. The number of amides is 4. The highest BCUT2D eigenvalue weighted by Crippen LogP contribution is 2.39. The van der Waals surface area contributed by atoms with Gasteiger partial charge in [-0.25, -0.2) is 4.79 Å². The van der Waals surface area contributed by atoms with Gasteiger partial charge >= 0.3 is 12.2 Å². The smallest absolute Gasteiger partial charge is 0.369 e. The molecule has 0 aromatic rings. The first-order chi connectivity index (χ1) is 10.9. The molecule has 2 aliphatic rings. The van der Waals surface area contributed by atoms with Crippen molar-refractivity contribution in [1.29, 1.82) is 0 Å². The average Bonchev–Trinajstić information content (AvgIpc) is 2.43. The topological polar surface area (TPSA) is 83.7 Å². The number of carbonyl (C=O) groups excluding carboxylic acids is 3. The number of rotatable bonds is 2. The van der Waals surface area contributed by atoms with Crippen LogP contribution in [0.5, 0.6) is 0 Å². The van der Waals surface area contributed by atoms with Crippen molar-refractivity contribution in [3.05, 3.63) is 0 Å². The Balaban J connectivity index is 2.26. The number of halogens is 3. The second-order valence-electron chi connectivity index (χ2n) is 6.92. The highest BCUT2D eigenvalue weighted by atomic mass is 19.4. The maximum atomic E-state index is 13.0. The molecule has 0 bridgehead atoms. The Morgan fingerprint density at radius 3 is 2.25 bits per heavy atom. The molecule has 2 N–H and O–H groups in total. The van der Waals surface area contributed by atoms with Crippen LogP contribution in [0.3, 0.4) is 0 Å². The average molecular weight is 349 g/mol. The Hall–Kier alpha value is -1.80. The van der Waals surface area contributed by atoms with Gasteiger partial charge in [-0.3, -0.25) is 14.5 Å². The van der Waals surface area contributed by atoms with E-state index in [4.69, 9.17) is 5.73 Å². The molecule has 1 saturated heterocycles. The Labute approximate surface area is 138 Å². The number of imide groups is 1. The quantitative estimate of drug-likeness (QED) is 0.824. The molecule has 1 saturated carbocycles. The summed E-state index contributed by atoms with van der Waals surface area (Å²) in [5.74, 6) is -1.98. The zero-order valence-electron chi connectivity index (χ0n) is 13.8. The third-order valence-corrected chi connectivity index (χ3v) is 5.27. The van der Waals surface area contributed by atoms with Gasteiger partial charge in [0, 0.05) is 19.0 Å². The van der Waals surface area contributed by atoms with Crippen LogP contribution < -0.4 is 5.73 Å². The summed E-state index contributed by atoms with van der Waals surface area (Å²) in [6.07, 6.45) is -4.69. The van der Waals surface area contributed by atoms with Gasteiger partial charge in [0.2, 0.25) is 11.8 Å². The van der Waals surface area contributed by atoms with Crippen LogP contribution >= 0.6 is 0 Å². The van der Waals surface area contributed by atoms with E-state index < -0.39 is 48.4 Å². The van der Waals surface area contributed by atoms with Crippen LogP contribution in [-0.4, -0.2) is 53.0 Å². The summed E-state index contributed by atoms with van der Waals surface area (Å²) in [6, 6.07) is -3.70. The first-order valence-corrected chi connectivity index (χ1v) is 7.90. The van der Waals surface area contributed by atoms with Crippen LogP contribution in [0, 0.1) is 17.8 Å². The van der Waals surface area contributed by atoms with Crippen LogP contribution in [-0.2, 0) is 9.59 Å². The Bertz CT molecular complexity index is 552. The number of hydrogen-bond acceptors (Lipinski definition) is 3. The van der Waals surface area contributed by atoms with Crippen molar-refractivity contribution in [1.82, 2.24) is 9.80 Å². The van der Waals surface area contributed by atoms with E-state index in [1.165, 1.54) is 0 Å². The van der Waals surface area contributed by atoms with Crippen LogP contribution in [0.25, 0.3) is 0 Å². The number of alkyl halides is 3. The van der Waals surface area contributed by atoms with E-state index >= 15 is 0 Å². The summed E-state index contributed by atoms with van der Waals surface area (Å²) in [4.78, 5) is 37.7. The van der Waals surface area contributed by atoms with Crippen molar-refractivity contribution in [2.24, 2.45) is 23.5 Å². The molecule has 9 heteroatoms. The fourth-order valence-electron chi connectivity index (χ4n) is 3.86. The van der Waals surface area contributed by atoms with Gasteiger partial charge in [-0.15, -0.1) is 0 Å². The standard InChI is InChI=1S/C15H22F3N3O3/c1-7-4-8(2)10(5-9(7)13(19)23)21-12(22)6-11(15(16,17)18)20(3)14(21)24/h7-11H,4-6H2,1-3H3,(H2,19,23). The highest BCUT2D eigenvalue weighted by molar-refractivity contribution is 5.98. The van der Waals surface area contributed by atoms with Crippen LogP contribution in [0.1, 0.15) is 33.1 Å². The van der Waals surface area contributed by atoms with E-state index in [9.17, 15) is 27.6 Å². The predicted molar refractivity (Wildman–Crippen MR) is 78.5 cm³/mol. The summed E-state index contributed by atoms with van der Waals surface area (Å²) in [5.41, 5.74) is 5.38. The summed E-state index contributed by atoms with van der Waals surface area (Å²) < 4.78 is 38.9. The van der Waals surface area contributed by atoms with Crippen molar-refractivity contribution < 1.29 is 27.6 Å². The molecule has 1 aliphatic heterocycles. The summed E-state index contributed by atoms with van der Waals surface area (Å²) in [7, 11) is 1.04. The van der Waals surface area contributed by atoms with E-state index in [2.05, 4.69) is 0 Å². The minimum absolute atomic E-state index is 0.00407. The molecule has 5 unspecified atom stereocenters. The fourth-order valence-corrected chi connectivity index (χ4v) is 3.86. The highest BCUT2D eigenvalue weighted by Gasteiger charge is 2.53. The molecule has 0 aromatic heterocycles. The summed E-state index contributed by atoms with van der Waals surface area (Å²) in [5, 5.41) is 0. The molecule has 2 rings (SSSR count). The van der Waals surface area contributed by atoms with E-state index in [1.807, 2.05) is 13.8 Å². The molecular weight excluding hydrogens is 327 g/mol. The minimum Gasteiger partial charge on any atom is -0.369 e. The van der Waals surface area contributed by atoms with Crippen LogP contribution in [0.2, 0.25) is 0 Å². The zero-order valence-corrected chi connectivity index (χ0v) is 13.8. The molecule has 1 aliphatic carbocycles. The van der Waals surface area contributed by atoms with E-state index in [0.717, 1.165) is 11.9 Å². The summed E-state index contributed by atoms with van der Waals surface area (Å²) >= 11 is 0. The van der Waals surface area contributed by atoms with Gasteiger partial charge in [-0.05, 0) is 24.7 Å². The van der Waals surface area contributed by atoms with Crippen molar-refractivity contribution in [3.63, 3.8) is 0 Å². The van der Waals surface area contributed by atoms with Crippen molar-refractivity contribution in [3.8, 4) is 0 Å². The lowest BCUT2D eigenvalue weighted by Crippen LogP contribution is -2.64. The van der Waals surface area contributed by atoms with Gasteiger partial charge in [0.25, 0.3) is 0 Å². The molecule has 0 aromatic carbocycles. The minimum atomic E-state index is -4.66. The Kier molecular flexibility index (Phi) is 4.83.